The van der Waals surface area contributed by atoms with E-state index in [2.05, 4.69) is 19.8 Å². The molecule has 1 aliphatic heterocycles. The first-order valence-corrected chi connectivity index (χ1v) is 7.97. The first-order valence-electron chi connectivity index (χ1n) is 6.49. The fourth-order valence-corrected chi connectivity index (χ4v) is 2.93. The van der Waals surface area contributed by atoms with E-state index in [0.717, 1.165) is 12.8 Å². The summed E-state index contributed by atoms with van der Waals surface area (Å²) in [6, 6.07) is 3.02. The number of hydrogen-bond acceptors (Lipinski definition) is 7. The highest BCUT2D eigenvalue weighted by Crippen LogP contribution is 2.26. The molecule has 3 rings (SSSR count). The van der Waals surface area contributed by atoms with Crippen LogP contribution in [0.15, 0.2) is 33.9 Å². The quantitative estimate of drug-likeness (QED) is 0.870. The number of rotatable bonds is 5. The number of pyridine rings is 1. The number of nitrogens with zero attached hydrogens (tertiary/aromatic N) is 3. The van der Waals surface area contributed by atoms with Crippen LogP contribution in [0.25, 0.3) is 0 Å². The molecule has 1 unspecified atom stereocenters. The van der Waals surface area contributed by atoms with Gasteiger partial charge in [-0.2, -0.15) is 4.98 Å². The zero-order valence-corrected chi connectivity index (χ0v) is 11.9. The molecule has 1 fully saturated rings. The van der Waals surface area contributed by atoms with Crippen molar-refractivity contribution in [2.75, 3.05) is 6.61 Å². The van der Waals surface area contributed by atoms with E-state index in [4.69, 9.17) is 9.26 Å². The summed E-state index contributed by atoms with van der Waals surface area (Å²) < 4.78 is 36.9. The summed E-state index contributed by atoms with van der Waals surface area (Å²) in [6.45, 7) is 0.628. The topological polar surface area (TPSA) is 107 Å². The van der Waals surface area contributed by atoms with Gasteiger partial charge in [0.1, 0.15) is 11.0 Å². The Labute approximate surface area is 121 Å². The summed E-state index contributed by atoms with van der Waals surface area (Å²) in [6.07, 6.45) is 4.39. The molecule has 1 saturated heterocycles. The van der Waals surface area contributed by atoms with E-state index < -0.39 is 10.0 Å². The van der Waals surface area contributed by atoms with Crippen LogP contribution in [0.2, 0.25) is 0 Å². The van der Waals surface area contributed by atoms with E-state index in [-0.39, 0.29) is 23.4 Å². The molecule has 0 saturated carbocycles. The molecule has 0 aromatic carbocycles. The molecule has 2 aromatic rings. The number of nitrogens with one attached hydrogen (secondary N) is 1. The van der Waals surface area contributed by atoms with E-state index in [1.54, 1.807) is 6.07 Å². The average molecular weight is 310 g/mol. The van der Waals surface area contributed by atoms with Gasteiger partial charge in [-0.1, -0.05) is 5.16 Å². The molecule has 2 aromatic heterocycles. The molecule has 112 valence electrons. The van der Waals surface area contributed by atoms with Crippen molar-refractivity contribution in [3.05, 3.63) is 36.2 Å². The van der Waals surface area contributed by atoms with Crippen molar-refractivity contribution in [2.24, 2.45) is 0 Å². The Morgan fingerprint density at radius 2 is 2.33 bits per heavy atom. The van der Waals surface area contributed by atoms with Gasteiger partial charge in [-0.3, -0.25) is 4.98 Å². The molecule has 0 radical (unpaired) electrons. The molecule has 8 nitrogen and oxygen atoms in total. The lowest BCUT2D eigenvalue weighted by Crippen LogP contribution is -2.23. The highest BCUT2D eigenvalue weighted by atomic mass is 32.2. The third kappa shape index (κ3) is 3.26. The normalized spacial score (nSPS) is 19.0. The van der Waals surface area contributed by atoms with Crippen LogP contribution in [0.4, 0.5) is 0 Å². The second kappa shape index (κ2) is 5.88. The van der Waals surface area contributed by atoms with Gasteiger partial charge < -0.3 is 9.26 Å². The summed E-state index contributed by atoms with van der Waals surface area (Å²) >= 11 is 0. The van der Waals surface area contributed by atoms with E-state index in [9.17, 15) is 8.42 Å². The van der Waals surface area contributed by atoms with Crippen molar-refractivity contribution in [1.29, 1.82) is 0 Å². The highest BCUT2D eigenvalue weighted by Gasteiger charge is 2.24. The van der Waals surface area contributed by atoms with Gasteiger partial charge in [0.25, 0.3) is 5.89 Å². The van der Waals surface area contributed by atoms with Gasteiger partial charge in [-0.05, 0) is 25.0 Å². The Bertz CT molecular complexity index is 695. The highest BCUT2D eigenvalue weighted by molar-refractivity contribution is 7.89. The predicted octanol–water partition coefficient (Wildman–Crippen LogP) is 0.795. The van der Waals surface area contributed by atoms with E-state index in [0.29, 0.717) is 12.5 Å². The first-order chi connectivity index (χ1) is 10.1. The van der Waals surface area contributed by atoms with Crippen molar-refractivity contribution < 1.29 is 17.7 Å². The number of aromatic nitrogens is 3. The van der Waals surface area contributed by atoms with Gasteiger partial charge in [0.15, 0.2) is 5.82 Å². The molecule has 1 N–H and O–H groups in total. The summed E-state index contributed by atoms with van der Waals surface area (Å²) in [7, 11) is -3.63. The van der Waals surface area contributed by atoms with Crippen LogP contribution >= 0.6 is 0 Å². The first kappa shape index (κ1) is 14.1. The van der Waals surface area contributed by atoms with Gasteiger partial charge in [0, 0.05) is 19.0 Å². The van der Waals surface area contributed by atoms with Crippen molar-refractivity contribution in [3.63, 3.8) is 0 Å². The summed E-state index contributed by atoms with van der Waals surface area (Å²) in [5.41, 5.74) is 0. The van der Waals surface area contributed by atoms with Crippen molar-refractivity contribution >= 4 is 10.0 Å². The van der Waals surface area contributed by atoms with Crippen molar-refractivity contribution in [1.82, 2.24) is 19.8 Å². The number of hydrogen-bond donors (Lipinski definition) is 1. The molecule has 0 aliphatic carbocycles. The lowest BCUT2D eigenvalue weighted by atomic mass is 10.2. The van der Waals surface area contributed by atoms with Crippen LogP contribution in [0.3, 0.4) is 0 Å². The van der Waals surface area contributed by atoms with Crippen LogP contribution in [0, 0.1) is 0 Å². The monoisotopic (exact) mass is 310 g/mol. The zero-order valence-electron chi connectivity index (χ0n) is 11.1. The lowest BCUT2D eigenvalue weighted by Gasteiger charge is -2.03. The molecule has 0 spiro atoms. The average Bonchev–Trinajstić information content (AvgIpc) is 3.17. The largest absolute Gasteiger partial charge is 0.368 e. The van der Waals surface area contributed by atoms with Crippen LogP contribution < -0.4 is 4.72 Å². The van der Waals surface area contributed by atoms with Gasteiger partial charge in [0.05, 0.1) is 6.54 Å². The molecule has 9 heteroatoms. The molecule has 0 bridgehead atoms. The Morgan fingerprint density at radius 1 is 1.43 bits per heavy atom. The smallest absolute Gasteiger partial charge is 0.255 e. The van der Waals surface area contributed by atoms with Gasteiger partial charge in [0.2, 0.25) is 10.0 Å². The molecular formula is C12H14N4O4S. The Morgan fingerprint density at radius 3 is 3.05 bits per heavy atom. The van der Waals surface area contributed by atoms with Crippen LogP contribution in [-0.4, -0.2) is 30.1 Å². The molecule has 0 amide bonds. The van der Waals surface area contributed by atoms with E-state index >= 15 is 0 Å². The molecular weight excluding hydrogens is 296 g/mol. The summed E-state index contributed by atoms with van der Waals surface area (Å²) in [5, 5.41) is 3.75. The van der Waals surface area contributed by atoms with Crippen molar-refractivity contribution in [2.45, 2.75) is 30.4 Å². The maximum atomic E-state index is 12.0. The Hall–Kier alpha value is -1.84. The minimum Gasteiger partial charge on any atom is -0.368 e. The summed E-state index contributed by atoms with van der Waals surface area (Å²) in [4.78, 5) is 8.01. The van der Waals surface area contributed by atoms with Gasteiger partial charge in [-0.15, -0.1) is 0 Å². The lowest BCUT2D eigenvalue weighted by molar-refractivity contribution is 0.0835. The van der Waals surface area contributed by atoms with E-state index in [1.807, 2.05) is 0 Å². The van der Waals surface area contributed by atoms with Crippen LogP contribution in [0.1, 0.15) is 30.7 Å². The predicted molar refractivity (Wildman–Crippen MR) is 70.5 cm³/mol. The fraction of sp³-hybridized carbons (Fsp3) is 0.417. The second-order valence-electron chi connectivity index (χ2n) is 4.56. The Kier molecular flexibility index (Phi) is 3.95. The number of sulfonamides is 1. The zero-order chi connectivity index (χ0) is 14.7. The minimum absolute atomic E-state index is 0.0482. The van der Waals surface area contributed by atoms with Crippen molar-refractivity contribution in [3.8, 4) is 0 Å². The minimum atomic E-state index is -3.63. The van der Waals surface area contributed by atoms with Crippen LogP contribution in [-0.2, 0) is 21.3 Å². The van der Waals surface area contributed by atoms with Gasteiger partial charge in [-0.25, -0.2) is 13.1 Å². The molecule has 1 aliphatic rings. The molecule has 3 heterocycles. The summed E-state index contributed by atoms with van der Waals surface area (Å²) in [5.74, 6) is 0.663. The van der Waals surface area contributed by atoms with Gasteiger partial charge >= 0.3 is 0 Å². The molecule has 21 heavy (non-hydrogen) atoms. The number of ether oxygens (including phenoxy) is 1. The van der Waals surface area contributed by atoms with E-state index in [1.165, 1.54) is 18.5 Å². The Balaban J connectivity index is 1.65. The third-order valence-corrected chi connectivity index (χ3v) is 4.44. The SMILES string of the molecule is O=S(=O)(NCc1noc(C2CCCO2)n1)c1cccnc1. The second-order valence-corrected chi connectivity index (χ2v) is 6.33. The van der Waals surface area contributed by atoms with Crippen LogP contribution in [0.5, 0.6) is 0 Å². The third-order valence-electron chi connectivity index (χ3n) is 3.05. The molecule has 1 atom stereocenters. The fourth-order valence-electron chi connectivity index (χ4n) is 1.99. The maximum Gasteiger partial charge on any atom is 0.255 e. The standard InChI is InChI=1S/C12H14N4O4S/c17-21(18,9-3-1-5-13-7-9)14-8-11-15-12(20-16-11)10-4-2-6-19-10/h1,3,5,7,10,14H,2,4,6,8H2. The maximum absolute atomic E-state index is 12.0.